The van der Waals surface area contributed by atoms with E-state index in [1.54, 1.807) is 0 Å². The minimum atomic E-state index is -1.05. The molecule has 3 aromatic rings. The number of benzene rings is 1. The van der Waals surface area contributed by atoms with Crippen LogP contribution in [0.25, 0.3) is 21.3 Å². The van der Waals surface area contributed by atoms with Crippen LogP contribution in [0, 0.1) is 6.92 Å². The molecule has 128 valence electrons. The first-order valence-corrected chi connectivity index (χ1v) is 9.19. The molecule has 0 atom stereocenters. The van der Waals surface area contributed by atoms with E-state index in [0.717, 1.165) is 28.8 Å². The summed E-state index contributed by atoms with van der Waals surface area (Å²) < 4.78 is 1.17. The van der Waals surface area contributed by atoms with Crippen LogP contribution in [0.15, 0.2) is 29.3 Å². The van der Waals surface area contributed by atoms with Crippen molar-refractivity contribution in [3.8, 4) is 11.1 Å². The number of carbonyl (C=O) groups is 1. The van der Waals surface area contributed by atoms with Gasteiger partial charge in [-0.2, -0.15) is 0 Å². The number of fused-ring (bicyclic) bond motifs is 2. The summed E-state index contributed by atoms with van der Waals surface area (Å²) in [5.74, 6) is -1.05. The fourth-order valence-corrected chi connectivity index (χ4v) is 4.64. The van der Waals surface area contributed by atoms with Crippen LogP contribution in [0.2, 0.25) is 0 Å². The van der Waals surface area contributed by atoms with Gasteiger partial charge in [0, 0.05) is 10.4 Å². The Morgan fingerprint density at radius 1 is 1.28 bits per heavy atom. The van der Waals surface area contributed by atoms with E-state index >= 15 is 0 Å². The molecular weight excluding hydrogens is 336 g/mol. The molecule has 0 spiro atoms. The number of aryl methyl sites for hydroxylation is 3. The minimum Gasteiger partial charge on any atom is -0.480 e. The molecule has 5 nitrogen and oxygen atoms in total. The van der Waals surface area contributed by atoms with Crippen molar-refractivity contribution in [1.29, 1.82) is 0 Å². The molecule has 0 saturated heterocycles. The molecule has 1 N–H and O–H groups in total. The third-order valence-electron chi connectivity index (χ3n) is 4.80. The lowest BCUT2D eigenvalue weighted by atomic mass is 9.89. The molecule has 4 rings (SSSR count). The molecule has 2 aromatic heterocycles. The zero-order chi connectivity index (χ0) is 17.6. The monoisotopic (exact) mass is 354 g/mol. The number of rotatable bonds is 3. The Bertz CT molecular complexity index is 1050. The summed E-state index contributed by atoms with van der Waals surface area (Å²) in [4.78, 5) is 29.8. The van der Waals surface area contributed by atoms with Gasteiger partial charge in [-0.25, -0.2) is 4.98 Å². The average Bonchev–Trinajstić information content (AvgIpc) is 2.93. The maximum absolute atomic E-state index is 12.8. The Hall–Kier alpha value is -2.47. The second kappa shape index (κ2) is 6.11. The van der Waals surface area contributed by atoms with Gasteiger partial charge in [0.2, 0.25) is 0 Å². The number of nitrogens with zero attached hydrogens (tertiary/aromatic N) is 2. The first-order valence-electron chi connectivity index (χ1n) is 8.37. The lowest BCUT2D eigenvalue weighted by Gasteiger charge is -2.16. The van der Waals surface area contributed by atoms with E-state index in [4.69, 9.17) is 5.11 Å². The summed E-state index contributed by atoms with van der Waals surface area (Å²) in [7, 11) is 0. The molecule has 25 heavy (non-hydrogen) atoms. The molecule has 0 aliphatic heterocycles. The third kappa shape index (κ3) is 2.76. The molecule has 1 aliphatic rings. The van der Waals surface area contributed by atoms with Crippen molar-refractivity contribution in [3.05, 3.63) is 50.9 Å². The van der Waals surface area contributed by atoms with Gasteiger partial charge in [-0.05, 0) is 49.3 Å². The standard InChI is InChI=1S/C19H18N2O3S/c1-11-16(14-7-6-12-4-2-3-5-13(12)8-14)17-18(25-11)20-10-21(19(17)24)9-15(22)23/h6-8,10H,2-5,9H2,1H3,(H,22,23). The van der Waals surface area contributed by atoms with E-state index in [-0.39, 0.29) is 12.1 Å². The summed E-state index contributed by atoms with van der Waals surface area (Å²) in [5.41, 5.74) is 4.39. The second-order valence-corrected chi connectivity index (χ2v) is 7.68. The van der Waals surface area contributed by atoms with E-state index < -0.39 is 5.97 Å². The normalized spacial score (nSPS) is 13.8. The Morgan fingerprint density at radius 3 is 2.80 bits per heavy atom. The first-order chi connectivity index (χ1) is 12.0. The zero-order valence-corrected chi connectivity index (χ0v) is 14.7. The number of carboxylic acids is 1. The first kappa shape index (κ1) is 16.0. The number of aromatic nitrogens is 2. The minimum absolute atomic E-state index is 0.288. The van der Waals surface area contributed by atoms with Gasteiger partial charge in [0.15, 0.2) is 0 Å². The van der Waals surface area contributed by atoms with E-state index in [2.05, 4.69) is 23.2 Å². The van der Waals surface area contributed by atoms with E-state index in [0.29, 0.717) is 10.2 Å². The summed E-state index contributed by atoms with van der Waals surface area (Å²) in [6.07, 6.45) is 5.95. The van der Waals surface area contributed by atoms with Crippen molar-refractivity contribution in [1.82, 2.24) is 9.55 Å². The van der Waals surface area contributed by atoms with Crippen molar-refractivity contribution in [3.63, 3.8) is 0 Å². The number of thiophene rings is 1. The second-order valence-electron chi connectivity index (χ2n) is 6.48. The SMILES string of the molecule is Cc1sc2ncn(CC(=O)O)c(=O)c2c1-c1ccc2c(c1)CCCC2. The molecule has 0 bridgehead atoms. The van der Waals surface area contributed by atoms with Gasteiger partial charge in [-0.3, -0.25) is 14.2 Å². The number of aliphatic carboxylic acids is 1. The topological polar surface area (TPSA) is 72.2 Å². The Kier molecular flexibility index (Phi) is 3.92. The van der Waals surface area contributed by atoms with E-state index in [9.17, 15) is 9.59 Å². The molecule has 0 fully saturated rings. The van der Waals surface area contributed by atoms with Crippen molar-refractivity contribution >= 4 is 27.5 Å². The number of hydrogen-bond acceptors (Lipinski definition) is 4. The van der Waals surface area contributed by atoms with Crippen LogP contribution in [0.3, 0.4) is 0 Å². The third-order valence-corrected chi connectivity index (χ3v) is 5.81. The quantitative estimate of drug-likeness (QED) is 0.782. The van der Waals surface area contributed by atoms with E-state index in [1.165, 1.54) is 46.2 Å². The van der Waals surface area contributed by atoms with E-state index in [1.807, 2.05) is 6.92 Å². The summed E-state index contributed by atoms with van der Waals surface area (Å²) in [5, 5.41) is 9.53. The van der Waals surface area contributed by atoms with Gasteiger partial charge in [0.05, 0.1) is 11.7 Å². The van der Waals surface area contributed by atoms with Gasteiger partial charge >= 0.3 is 5.97 Å². The summed E-state index contributed by atoms with van der Waals surface area (Å²) in [6, 6.07) is 6.43. The summed E-state index contributed by atoms with van der Waals surface area (Å²) in [6.45, 7) is 1.61. The van der Waals surface area contributed by atoms with Crippen LogP contribution in [-0.2, 0) is 24.2 Å². The van der Waals surface area contributed by atoms with Crippen LogP contribution in [-0.4, -0.2) is 20.6 Å². The number of hydrogen-bond donors (Lipinski definition) is 1. The molecule has 0 radical (unpaired) electrons. The smallest absolute Gasteiger partial charge is 0.323 e. The molecule has 1 aliphatic carbocycles. The van der Waals surface area contributed by atoms with Crippen LogP contribution < -0.4 is 5.56 Å². The van der Waals surface area contributed by atoms with Crippen molar-refractivity contribution in [2.45, 2.75) is 39.2 Å². The lowest BCUT2D eigenvalue weighted by molar-refractivity contribution is -0.137. The van der Waals surface area contributed by atoms with Gasteiger partial charge in [-0.15, -0.1) is 11.3 Å². The highest BCUT2D eigenvalue weighted by Crippen LogP contribution is 2.37. The highest BCUT2D eigenvalue weighted by Gasteiger charge is 2.19. The molecule has 0 unspecified atom stereocenters. The lowest BCUT2D eigenvalue weighted by Crippen LogP contribution is -2.24. The molecule has 0 amide bonds. The Balaban J connectivity index is 1.93. The Morgan fingerprint density at radius 2 is 2.04 bits per heavy atom. The van der Waals surface area contributed by atoms with Gasteiger partial charge < -0.3 is 5.11 Å². The van der Waals surface area contributed by atoms with Crippen molar-refractivity contribution < 1.29 is 9.90 Å². The molecule has 1 aromatic carbocycles. The van der Waals surface area contributed by atoms with Gasteiger partial charge in [0.25, 0.3) is 5.56 Å². The van der Waals surface area contributed by atoms with Crippen molar-refractivity contribution in [2.75, 3.05) is 0 Å². The van der Waals surface area contributed by atoms with Gasteiger partial charge in [0.1, 0.15) is 11.4 Å². The highest BCUT2D eigenvalue weighted by molar-refractivity contribution is 7.19. The fourth-order valence-electron chi connectivity index (χ4n) is 3.63. The van der Waals surface area contributed by atoms with Crippen LogP contribution in [0.4, 0.5) is 0 Å². The molecule has 0 saturated carbocycles. The molecule has 6 heteroatoms. The van der Waals surface area contributed by atoms with Crippen LogP contribution in [0.5, 0.6) is 0 Å². The summed E-state index contributed by atoms with van der Waals surface area (Å²) >= 11 is 1.48. The predicted molar refractivity (Wildman–Crippen MR) is 98.3 cm³/mol. The van der Waals surface area contributed by atoms with Crippen molar-refractivity contribution in [2.24, 2.45) is 0 Å². The maximum atomic E-state index is 12.8. The maximum Gasteiger partial charge on any atom is 0.323 e. The highest BCUT2D eigenvalue weighted by atomic mass is 32.1. The molecule has 2 heterocycles. The van der Waals surface area contributed by atoms with Gasteiger partial charge in [-0.1, -0.05) is 18.2 Å². The molecular formula is C19H18N2O3S. The largest absolute Gasteiger partial charge is 0.480 e. The fraction of sp³-hybridized carbons (Fsp3) is 0.316. The zero-order valence-electron chi connectivity index (χ0n) is 13.9. The predicted octanol–water partition coefficient (Wildman–Crippen LogP) is 3.40. The van der Waals surface area contributed by atoms with Crippen LogP contribution in [0.1, 0.15) is 28.8 Å². The average molecular weight is 354 g/mol. The Labute approximate surface area is 148 Å². The number of carboxylic acid groups (broad SMARTS) is 1. The van der Waals surface area contributed by atoms with Crippen LogP contribution >= 0.6 is 11.3 Å².